The second kappa shape index (κ2) is 7.04. The molecular formula is C15H16N4O2. The van der Waals surface area contributed by atoms with Gasteiger partial charge in [0, 0.05) is 18.8 Å². The minimum Gasteiger partial charge on any atom is -0.370 e. The number of rotatable bonds is 7. The van der Waals surface area contributed by atoms with Crippen LogP contribution in [0.3, 0.4) is 0 Å². The van der Waals surface area contributed by atoms with E-state index in [1.54, 1.807) is 36.7 Å². The van der Waals surface area contributed by atoms with E-state index in [0.717, 1.165) is 11.3 Å². The molecule has 2 rings (SSSR count). The van der Waals surface area contributed by atoms with Gasteiger partial charge in [-0.2, -0.15) is 0 Å². The largest absolute Gasteiger partial charge is 0.370 e. The summed E-state index contributed by atoms with van der Waals surface area (Å²) < 4.78 is 0. The van der Waals surface area contributed by atoms with Gasteiger partial charge >= 0.3 is 0 Å². The van der Waals surface area contributed by atoms with Gasteiger partial charge in [0.2, 0.25) is 12.3 Å². The zero-order valence-electron chi connectivity index (χ0n) is 11.4. The summed E-state index contributed by atoms with van der Waals surface area (Å²) in [5.41, 5.74) is 10.5. The normalized spacial score (nSPS) is 9.90. The van der Waals surface area contributed by atoms with Crippen LogP contribution in [0.2, 0.25) is 0 Å². The molecule has 0 aliphatic heterocycles. The van der Waals surface area contributed by atoms with Crippen molar-refractivity contribution >= 4 is 23.7 Å². The molecule has 0 aliphatic carbocycles. The highest BCUT2D eigenvalue weighted by atomic mass is 16.1. The number of pyridine rings is 1. The van der Waals surface area contributed by atoms with Crippen LogP contribution in [0, 0.1) is 0 Å². The number of aryl methyl sites for hydroxylation is 1. The van der Waals surface area contributed by atoms with Gasteiger partial charge in [-0.15, -0.1) is 0 Å². The van der Waals surface area contributed by atoms with E-state index in [4.69, 9.17) is 5.73 Å². The van der Waals surface area contributed by atoms with Gasteiger partial charge in [-0.05, 0) is 36.2 Å². The summed E-state index contributed by atoms with van der Waals surface area (Å²) >= 11 is 0. The molecule has 108 valence electrons. The molecule has 0 saturated heterocycles. The number of nitrogens with two attached hydrogens (primary N) is 1. The van der Waals surface area contributed by atoms with E-state index < -0.39 is 0 Å². The molecule has 1 aromatic carbocycles. The second-order valence-electron chi connectivity index (χ2n) is 4.46. The molecule has 0 radical (unpaired) electrons. The van der Waals surface area contributed by atoms with E-state index in [1.165, 1.54) is 5.01 Å². The zero-order valence-corrected chi connectivity index (χ0v) is 11.4. The van der Waals surface area contributed by atoms with Crippen LogP contribution in [0.25, 0.3) is 0 Å². The van der Waals surface area contributed by atoms with Crippen LogP contribution in [-0.4, -0.2) is 17.3 Å². The number of hydrazine groups is 1. The SMILES string of the molecule is NC(=O)CCc1ccc(N(C=O)Nc2ccncc2)cc1. The number of nitrogens with zero attached hydrogens (tertiary/aromatic N) is 2. The lowest BCUT2D eigenvalue weighted by Crippen LogP contribution is -2.27. The highest BCUT2D eigenvalue weighted by molar-refractivity contribution is 5.78. The van der Waals surface area contributed by atoms with Crippen LogP contribution >= 0.6 is 0 Å². The Morgan fingerprint density at radius 1 is 1.19 bits per heavy atom. The first-order valence-corrected chi connectivity index (χ1v) is 6.47. The van der Waals surface area contributed by atoms with E-state index in [-0.39, 0.29) is 5.91 Å². The summed E-state index contributed by atoms with van der Waals surface area (Å²) in [7, 11) is 0. The molecule has 6 nitrogen and oxygen atoms in total. The Kier molecular flexibility index (Phi) is 4.87. The number of primary amides is 1. The van der Waals surface area contributed by atoms with E-state index in [1.807, 2.05) is 12.1 Å². The molecule has 21 heavy (non-hydrogen) atoms. The third-order valence-electron chi connectivity index (χ3n) is 2.91. The highest BCUT2D eigenvalue weighted by Crippen LogP contribution is 2.16. The Bertz CT molecular complexity index is 599. The first-order valence-electron chi connectivity index (χ1n) is 6.47. The van der Waals surface area contributed by atoms with Crippen LogP contribution in [0.5, 0.6) is 0 Å². The van der Waals surface area contributed by atoms with Crippen LogP contribution in [0.4, 0.5) is 11.4 Å². The molecule has 2 aromatic rings. The summed E-state index contributed by atoms with van der Waals surface area (Å²) in [5.74, 6) is -0.326. The maximum atomic E-state index is 11.2. The van der Waals surface area contributed by atoms with Crippen molar-refractivity contribution in [1.82, 2.24) is 4.98 Å². The van der Waals surface area contributed by atoms with E-state index >= 15 is 0 Å². The van der Waals surface area contributed by atoms with E-state index in [9.17, 15) is 9.59 Å². The molecule has 0 atom stereocenters. The van der Waals surface area contributed by atoms with Crippen molar-refractivity contribution in [2.45, 2.75) is 12.8 Å². The quantitative estimate of drug-likeness (QED) is 0.595. The van der Waals surface area contributed by atoms with Gasteiger partial charge in [-0.25, -0.2) is 5.01 Å². The third kappa shape index (κ3) is 4.31. The van der Waals surface area contributed by atoms with Gasteiger partial charge in [-0.3, -0.25) is 20.0 Å². The predicted molar refractivity (Wildman–Crippen MR) is 80.4 cm³/mol. The average molecular weight is 284 g/mol. The van der Waals surface area contributed by atoms with Crippen molar-refractivity contribution in [2.75, 3.05) is 10.4 Å². The summed E-state index contributed by atoms with van der Waals surface area (Å²) in [6, 6.07) is 10.9. The molecule has 0 saturated carbocycles. The molecule has 0 spiro atoms. The maximum Gasteiger partial charge on any atom is 0.232 e. The molecular weight excluding hydrogens is 268 g/mol. The molecule has 6 heteroatoms. The highest BCUT2D eigenvalue weighted by Gasteiger charge is 2.05. The number of amides is 2. The number of carbonyl (C=O) groups excluding carboxylic acids is 2. The van der Waals surface area contributed by atoms with Gasteiger partial charge in [0.25, 0.3) is 0 Å². The molecule has 0 unspecified atom stereocenters. The van der Waals surface area contributed by atoms with Crippen molar-refractivity contribution in [2.24, 2.45) is 5.73 Å². The minimum atomic E-state index is -0.326. The summed E-state index contributed by atoms with van der Waals surface area (Å²) in [6.07, 6.45) is 4.87. The smallest absolute Gasteiger partial charge is 0.232 e. The molecule has 0 fully saturated rings. The number of hydrogen-bond donors (Lipinski definition) is 2. The van der Waals surface area contributed by atoms with Gasteiger partial charge in [0.15, 0.2) is 0 Å². The first kappa shape index (κ1) is 14.5. The topological polar surface area (TPSA) is 88.3 Å². The number of anilines is 2. The fourth-order valence-corrected chi connectivity index (χ4v) is 1.81. The lowest BCUT2D eigenvalue weighted by Gasteiger charge is -2.19. The Morgan fingerprint density at radius 3 is 2.43 bits per heavy atom. The molecule has 0 bridgehead atoms. The Balaban J connectivity index is 2.05. The fraction of sp³-hybridized carbons (Fsp3) is 0.133. The number of hydrogen-bond acceptors (Lipinski definition) is 4. The maximum absolute atomic E-state index is 11.2. The number of carbonyl (C=O) groups is 2. The third-order valence-corrected chi connectivity index (χ3v) is 2.91. The lowest BCUT2D eigenvalue weighted by atomic mass is 10.1. The summed E-state index contributed by atoms with van der Waals surface area (Å²) in [6.45, 7) is 0. The van der Waals surface area contributed by atoms with Crippen LogP contribution in [0.15, 0.2) is 48.8 Å². The molecule has 2 amide bonds. The van der Waals surface area contributed by atoms with Crippen LogP contribution < -0.4 is 16.2 Å². The Labute approximate surface area is 122 Å². The number of aromatic nitrogens is 1. The molecule has 3 N–H and O–H groups in total. The first-order chi connectivity index (χ1) is 10.2. The number of benzene rings is 1. The summed E-state index contributed by atoms with van der Waals surface area (Å²) in [5, 5.41) is 1.37. The van der Waals surface area contributed by atoms with Crippen LogP contribution in [-0.2, 0) is 16.0 Å². The zero-order chi connectivity index (χ0) is 15.1. The van der Waals surface area contributed by atoms with Gasteiger partial charge in [-0.1, -0.05) is 12.1 Å². The van der Waals surface area contributed by atoms with Crippen molar-refractivity contribution in [3.63, 3.8) is 0 Å². The standard InChI is InChI=1S/C15H16N4O2/c16-15(21)6-3-12-1-4-14(5-2-12)19(11-20)18-13-7-9-17-10-8-13/h1-2,4-5,7-11H,3,6H2,(H2,16,21)(H,17,18). The lowest BCUT2D eigenvalue weighted by molar-refractivity contribution is -0.118. The van der Waals surface area contributed by atoms with Crippen molar-refractivity contribution < 1.29 is 9.59 Å². The van der Waals surface area contributed by atoms with E-state index in [2.05, 4.69) is 10.4 Å². The fourth-order valence-electron chi connectivity index (χ4n) is 1.81. The predicted octanol–water partition coefficient (Wildman–Crippen LogP) is 1.49. The van der Waals surface area contributed by atoms with Crippen molar-refractivity contribution in [3.05, 3.63) is 54.4 Å². The summed E-state index contributed by atoms with van der Waals surface area (Å²) in [4.78, 5) is 25.9. The molecule has 0 aliphatic rings. The van der Waals surface area contributed by atoms with Gasteiger partial charge in [0.05, 0.1) is 11.4 Å². The monoisotopic (exact) mass is 284 g/mol. The van der Waals surface area contributed by atoms with Crippen molar-refractivity contribution in [1.29, 1.82) is 0 Å². The van der Waals surface area contributed by atoms with Crippen molar-refractivity contribution in [3.8, 4) is 0 Å². The number of nitrogens with one attached hydrogen (secondary N) is 1. The van der Waals surface area contributed by atoms with E-state index in [0.29, 0.717) is 24.9 Å². The van der Waals surface area contributed by atoms with Crippen LogP contribution in [0.1, 0.15) is 12.0 Å². The van der Waals surface area contributed by atoms with Gasteiger partial charge in [0.1, 0.15) is 0 Å². The second-order valence-corrected chi connectivity index (χ2v) is 4.46. The molecule has 1 aromatic heterocycles. The molecule has 1 heterocycles. The Hall–Kier alpha value is -2.89. The minimum absolute atomic E-state index is 0.312. The Morgan fingerprint density at radius 2 is 1.86 bits per heavy atom. The van der Waals surface area contributed by atoms with Gasteiger partial charge < -0.3 is 5.73 Å². The average Bonchev–Trinajstić information content (AvgIpc) is 2.52.